The molecule has 4 heteroatoms. The third-order valence-corrected chi connectivity index (χ3v) is 3.84. The molecule has 4 nitrogen and oxygen atoms in total. The minimum absolute atomic E-state index is 0.0367. The van der Waals surface area contributed by atoms with Crippen molar-refractivity contribution in [3.05, 3.63) is 78.3 Å². The SMILES string of the molecule is CC[C@H](C(=O)OCc1ncc(-c2ccccc2)o1)c1ccccc1. The summed E-state index contributed by atoms with van der Waals surface area (Å²) in [5.74, 6) is 0.528. The van der Waals surface area contributed by atoms with Gasteiger partial charge < -0.3 is 9.15 Å². The van der Waals surface area contributed by atoms with Gasteiger partial charge in [-0.2, -0.15) is 0 Å². The number of nitrogens with zero attached hydrogens (tertiary/aromatic N) is 1. The molecule has 122 valence electrons. The highest BCUT2D eigenvalue weighted by Gasteiger charge is 2.20. The first-order valence-electron chi connectivity index (χ1n) is 7.99. The molecule has 1 heterocycles. The highest BCUT2D eigenvalue weighted by atomic mass is 16.5. The zero-order valence-electron chi connectivity index (χ0n) is 13.5. The molecule has 0 saturated carbocycles. The van der Waals surface area contributed by atoms with Crippen molar-refractivity contribution in [2.45, 2.75) is 25.9 Å². The second-order valence-corrected chi connectivity index (χ2v) is 5.46. The molecule has 0 fully saturated rings. The molecule has 1 aromatic heterocycles. The smallest absolute Gasteiger partial charge is 0.313 e. The molecule has 0 bridgehead atoms. The van der Waals surface area contributed by atoms with Crippen LogP contribution >= 0.6 is 0 Å². The molecule has 2 aromatic carbocycles. The maximum absolute atomic E-state index is 12.3. The monoisotopic (exact) mass is 321 g/mol. The van der Waals surface area contributed by atoms with Gasteiger partial charge in [-0.05, 0) is 12.0 Å². The lowest BCUT2D eigenvalue weighted by molar-refractivity contribution is -0.147. The standard InChI is InChI=1S/C20H19NO3/c1-2-17(15-9-5-3-6-10-15)20(22)23-14-19-21-13-18(24-19)16-11-7-4-8-12-16/h3-13,17H,2,14H2,1H3/t17-/m0/s1. The van der Waals surface area contributed by atoms with Crippen molar-refractivity contribution < 1.29 is 13.9 Å². The molecular formula is C20H19NO3. The van der Waals surface area contributed by atoms with E-state index >= 15 is 0 Å². The molecule has 3 aromatic rings. The second-order valence-electron chi connectivity index (χ2n) is 5.46. The third kappa shape index (κ3) is 3.71. The van der Waals surface area contributed by atoms with Crippen LogP contribution in [0.5, 0.6) is 0 Å². The molecular weight excluding hydrogens is 302 g/mol. The van der Waals surface area contributed by atoms with Crippen molar-refractivity contribution in [2.75, 3.05) is 0 Å². The number of esters is 1. The van der Waals surface area contributed by atoms with Gasteiger partial charge in [0.05, 0.1) is 12.1 Å². The number of carbonyl (C=O) groups is 1. The Kier molecular flexibility index (Phi) is 5.06. The zero-order chi connectivity index (χ0) is 16.8. The molecule has 3 rings (SSSR count). The van der Waals surface area contributed by atoms with Gasteiger partial charge >= 0.3 is 5.97 Å². The van der Waals surface area contributed by atoms with E-state index in [4.69, 9.17) is 9.15 Å². The Morgan fingerprint density at radius 3 is 2.42 bits per heavy atom. The topological polar surface area (TPSA) is 52.3 Å². The summed E-state index contributed by atoms with van der Waals surface area (Å²) in [6.07, 6.45) is 2.33. The number of oxazole rings is 1. The van der Waals surface area contributed by atoms with Gasteiger partial charge in [-0.3, -0.25) is 4.79 Å². The van der Waals surface area contributed by atoms with Crippen molar-refractivity contribution in [3.8, 4) is 11.3 Å². The first-order valence-corrected chi connectivity index (χ1v) is 7.99. The minimum Gasteiger partial charge on any atom is -0.455 e. The molecule has 0 N–H and O–H groups in total. The number of hydrogen-bond acceptors (Lipinski definition) is 4. The fourth-order valence-electron chi connectivity index (χ4n) is 2.57. The summed E-state index contributed by atoms with van der Waals surface area (Å²) in [5, 5.41) is 0. The summed E-state index contributed by atoms with van der Waals surface area (Å²) in [7, 11) is 0. The highest BCUT2D eigenvalue weighted by Crippen LogP contribution is 2.23. The van der Waals surface area contributed by atoms with Gasteiger partial charge in [-0.15, -0.1) is 0 Å². The van der Waals surface area contributed by atoms with Gasteiger partial charge in [0.2, 0.25) is 5.89 Å². The average molecular weight is 321 g/mol. The first-order chi connectivity index (χ1) is 11.8. The predicted octanol–water partition coefficient (Wildman–Crippen LogP) is 4.58. The highest BCUT2D eigenvalue weighted by molar-refractivity contribution is 5.78. The van der Waals surface area contributed by atoms with Crippen molar-refractivity contribution >= 4 is 5.97 Å². The molecule has 0 unspecified atom stereocenters. The van der Waals surface area contributed by atoms with E-state index in [0.29, 0.717) is 18.1 Å². The van der Waals surface area contributed by atoms with E-state index in [0.717, 1.165) is 11.1 Å². The number of aromatic nitrogens is 1. The molecule has 0 aliphatic heterocycles. The average Bonchev–Trinajstić information content (AvgIpc) is 3.11. The van der Waals surface area contributed by atoms with E-state index in [2.05, 4.69) is 4.98 Å². The summed E-state index contributed by atoms with van der Waals surface area (Å²) in [6.45, 7) is 2.01. The number of ether oxygens (including phenoxy) is 1. The Labute approximate surface area is 141 Å². The lowest BCUT2D eigenvalue weighted by atomic mass is 9.97. The summed E-state index contributed by atoms with van der Waals surface area (Å²) < 4.78 is 11.0. The third-order valence-electron chi connectivity index (χ3n) is 3.84. The first kappa shape index (κ1) is 16.0. The quantitative estimate of drug-likeness (QED) is 0.624. The Balaban J connectivity index is 1.63. The largest absolute Gasteiger partial charge is 0.455 e. The van der Waals surface area contributed by atoms with E-state index in [9.17, 15) is 4.79 Å². The van der Waals surface area contributed by atoms with Gasteiger partial charge in [0.25, 0.3) is 0 Å². The fourth-order valence-corrected chi connectivity index (χ4v) is 2.57. The Hall–Kier alpha value is -2.88. The van der Waals surface area contributed by atoms with Crippen LogP contribution in [0.15, 0.2) is 71.3 Å². The van der Waals surface area contributed by atoms with Crippen LogP contribution in [0.3, 0.4) is 0 Å². The number of carbonyl (C=O) groups excluding carboxylic acids is 1. The molecule has 0 spiro atoms. The summed E-state index contributed by atoms with van der Waals surface area (Å²) in [6, 6.07) is 19.3. The molecule has 0 saturated heterocycles. The lowest BCUT2D eigenvalue weighted by Crippen LogP contribution is -2.15. The molecule has 1 atom stereocenters. The summed E-state index contributed by atoms with van der Waals surface area (Å²) in [4.78, 5) is 16.5. The molecule has 0 aliphatic rings. The number of benzene rings is 2. The maximum atomic E-state index is 12.3. The Morgan fingerprint density at radius 2 is 1.75 bits per heavy atom. The second kappa shape index (κ2) is 7.59. The summed E-state index contributed by atoms with van der Waals surface area (Å²) in [5.41, 5.74) is 1.90. The van der Waals surface area contributed by atoms with Crippen LogP contribution in [0, 0.1) is 0 Å². The molecule has 24 heavy (non-hydrogen) atoms. The fraction of sp³-hybridized carbons (Fsp3) is 0.200. The van der Waals surface area contributed by atoms with Crippen LogP contribution in [0.4, 0.5) is 0 Å². The van der Waals surface area contributed by atoms with Gasteiger partial charge in [-0.1, -0.05) is 67.6 Å². The van der Waals surface area contributed by atoms with Crippen LogP contribution in [-0.2, 0) is 16.1 Å². The Bertz CT molecular complexity index is 781. The van der Waals surface area contributed by atoms with Crippen LogP contribution in [0.25, 0.3) is 11.3 Å². The molecule has 0 amide bonds. The van der Waals surface area contributed by atoms with E-state index in [-0.39, 0.29) is 18.5 Å². The van der Waals surface area contributed by atoms with E-state index < -0.39 is 0 Å². The molecule has 0 aliphatic carbocycles. The number of hydrogen-bond donors (Lipinski definition) is 0. The van der Waals surface area contributed by atoms with Gasteiger partial charge in [0.1, 0.15) is 0 Å². The lowest BCUT2D eigenvalue weighted by Gasteiger charge is -2.13. The molecule has 0 radical (unpaired) electrons. The normalized spacial score (nSPS) is 11.9. The predicted molar refractivity (Wildman–Crippen MR) is 91.2 cm³/mol. The van der Waals surface area contributed by atoms with Crippen LogP contribution in [0.2, 0.25) is 0 Å². The van der Waals surface area contributed by atoms with Gasteiger partial charge in [0.15, 0.2) is 12.4 Å². The van der Waals surface area contributed by atoms with Crippen molar-refractivity contribution in [1.82, 2.24) is 4.98 Å². The van der Waals surface area contributed by atoms with E-state index in [1.807, 2.05) is 67.6 Å². The van der Waals surface area contributed by atoms with Crippen molar-refractivity contribution in [2.24, 2.45) is 0 Å². The van der Waals surface area contributed by atoms with Crippen LogP contribution in [0.1, 0.15) is 30.7 Å². The summed E-state index contributed by atoms with van der Waals surface area (Å²) >= 11 is 0. The Morgan fingerprint density at radius 1 is 1.08 bits per heavy atom. The van der Waals surface area contributed by atoms with Crippen LogP contribution < -0.4 is 0 Å². The minimum atomic E-state index is -0.269. The number of rotatable bonds is 6. The van der Waals surface area contributed by atoms with Crippen molar-refractivity contribution in [3.63, 3.8) is 0 Å². The van der Waals surface area contributed by atoms with Gasteiger partial charge in [0, 0.05) is 5.56 Å². The maximum Gasteiger partial charge on any atom is 0.313 e. The van der Waals surface area contributed by atoms with E-state index in [1.54, 1.807) is 6.20 Å². The van der Waals surface area contributed by atoms with Gasteiger partial charge in [-0.25, -0.2) is 4.98 Å². The van der Waals surface area contributed by atoms with E-state index in [1.165, 1.54) is 0 Å². The van der Waals surface area contributed by atoms with Crippen LogP contribution in [-0.4, -0.2) is 11.0 Å². The zero-order valence-corrected chi connectivity index (χ0v) is 13.5. The van der Waals surface area contributed by atoms with Crippen molar-refractivity contribution in [1.29, 1.82) is 0 Å².